The first-order valence-electron chi connectivity index (χ1n) is 10.0. The first-order valence-corrected chi connectivity index (χ1v) is 10.0. The Morgan fingerprint density at radius 3 is 2.89 bits per heavy atom. The highest BCUT2D eigenvalue weighted by Crippen LogP contribution is 2.33. The van der Waals surface area contributed by atoms with E-state index >= 15 is 0 Å². The fraction of sp³-hybridized carbons (Fsp3) is 0.619. The van der Waals surface area contributed by atoms with Crippen LogP contribution in [0.3, 0.4) is 0 Å². The monoisotopic (exact) mass is 389 g/mol. The van der Waals surface area contributed by atoms with Crippen molar-refractivity contribution in [1.82, 2.24) is 15.1 Å². The first kappa shape index (κ1) is 20.6. The second-order valence-corrected chi connectivity index (χ2v) is 8.18. The molecule has 2 aliphatic rings. The number of fused-ring (bicyclic) bond motifs is 1. The van der Waals surface area contributed by atoms with Crippen molar-refractivity contribution in [2.75, 3.05) is 39.8 Å². The third-order valence-corrected chi connectivity index (χ3v) is 5.56. The van der Waals surface area contributed by atoms with Crippen LogP contribution in [0.4, 0.5) is 4.79 Å². The normalized spacial score (nSPS) is 21.8. The van der Waals surface area contributed by atoms with Gasteiger partial charge in [0.15, 0.2) is 0 Å². The van der Waals surface area contributed by atoms with Crippen molar-refractivity contribution in [3.63, 3.8) is 0 Å². The number of ether oxygens (including phenoxy) is 1. The number of carboxylic acids is 1. The van der Waals surface area contributed by atoms with Crippen LogP contribution in [0.2, 0.25) is 0 Å². The average molecular weight is 389 g/mol. The Morgan fingerprint density at radius 2 is 2.18 bits per heavy atom. The van der Waals surface area contributed by atoms with E-state index in [0.717, 1.165) is 12.8 Å². The molecule has 0 bridgehead atoms. The van der Waals surface area contributed by atoms with Crippen LogP contribution < -0.4 is 5.32 Å². The molecule has 3 rings (SSSR count). The third kappa shape index (κ3) is 5.02. The smallest absolute Gasteiger partial charge is 0.318 e. The Balaban J connectivity index is 1.58. The SMILES string of the molecule is CC(C)c1ccc2c(c1)C(NC(=O)N1CCOC(CN(C)CC(=O)O)C1)CC2. The van der Waals surface area contributed by atoms with Gasteiger partial charge in [0.25, 0.3) is 0 Å². The number of aryl methyl sites for hydroxylation is 1. The van der Waals surface area contributed by atoms with Crippen LogP contribution in [0.5, 0.6) is 0 Å². The molecule has 1 aromatic rings. The van der Waals surface area contributed by atoms with Crippen LogP contribution in [0.25, 0.3) is 0 Å². The summed E-state index contributed by atoms with van der Waals surface area (Å²) >= 11 is 0. The lowest BCUT2D eigenvalue weighted by atomic mass is 9.97. The molecule has 7 nitrogen and oxygen atoms in total. The minimum absolute atomic E-state index is 0.0386. The molecule has 2 amide bonds. The zero-order valence-electron chi connectivity index (χ0n) is 17.0. The summed E-state index contributed by atoms with van der Waals surface area (Å²) in [7, 11) is 1.75. The number of carbonyl (C=O) groups is 2. The van der Waals surface area contributed by atoms with Gasteiger partial charge in [-0.15, -0.1) is 0 Å². The third-order valence-electron chi connectivity index (χ3n) is 5.56. The number of rotatable bonds is 6. The quantitative estimate of drug-likeness (QED) is 0.780. The molecule has 0 radical (unpaired) electrons. The number of carbonyl (C=O) groups excluding carboxylic acids is 1. The highest BCUT2D eigenvalue weighted by molar-refractivity contribution is 5.75. The summed E-state index contributed by atoms with van der Waals surface area (Å²) in [6.45, 7) is 6.30. The fourth-order valence-electron chi connectivity index (χ4n) is 4.03. The summed E-state index contributed by atoms with van der Waals surface area (Å²) in [5.74, 6) is -0.404. The highest BCUT2D eigenvalue weighted by atomic mass is 16.5. The van der Waals surface area contributed by atoms with E-state index in [0.29, 0.717) is 32.2 Å². The van der Waals surface area contributed by atoms with Crippen molar-refractivity contribution in [3.8, 4) is 0 Å². The van der Waals surface area contributed by atoms with E-state index in [4.69, 9.17) is 9.84 Å². The number of nitrogens with one attached hydrogen (secondary N) is 1. The number of aliphatic carboxylic acids is 1. The number of benzene rings is 1. The lowest BCUT2D eigenvalue weighted by Gasteiger charge is -2.35. The van der Waals surface area contributed by atoms with Crippen molar-refractivity contribution in [2.24, 2.45) is 0 Å². The van der Waals surface area contributed by atoms with E-state index in [-0.39, 0.29) is 24.7 Å². The van der Waals surface area contributed by atoms with Gasteiger partial charge in [0.05, 0.1) is 25.3 Å². The molecule has 0 spiro atoms. The van der Waals surface area contributed by atoms with Gasteiger partial charge in [0.2, 0.25) is 0 Å². The van der Waals surface area contributed by atoms with Gasteiger partial charge in [-0.2, -0.15) is 0 Å². The van der Waals surface area contributed by atoms with Crippen molar-refractivity contribution < 1.29 is 19.4 Å². The molecule has 1 heterocycles. The van der Waals surface area contributed by atoms with Crippen LogP contribution in [0.15, 0.2) is 18.2 Å². The Bertz CT molecular complexity index is 722. The lowest BCUT2D eigenvalue weighted by Crippen LogP contribution is -2.52. The summed E-state index contributed by atoms with van der Waals surface area (Å²) in [6, 6.07) is 6.61. The van der Waals surface area contributed by atoms with Crippen LogP contribution in [-0.4, -0.2) is 72.8 Å². The van der Waals surface area contributed by atoms with Crippen molar-refractivity contribution >= 4 is 12.0 Å². The van der Waals surface area contributed by atoms with Crippen LogP contribution in [0, 0.1) is 0 Å². The number of likely N-dealkylation sites (N-methyl/N-ethyl adjacent to an activating group) is 1. The van der Waals surface area contributed by atoms with Crippen molar-refractivity contribution in [2.45, 2.75) is 44.8 Å². The van der Waals surface area contributed by atoms with Gasteiger partial charge < -0.3 is 20.1 Å². The number of carboxylic acid groups (broad SMARTS) is 1. The van der Waals surface area contributed by atoms with Crippen molar-refractivity contribution in [3.05, 3.63) is 34.9 Å². The number of morpholine rings is 1. The van der Waals surface area contributed by atoms with E-state index in [1.165, 1.54) is 16.7 Å². The molecular weight excluding hydrogens is 358 g/mol. The summed E-state index contributed by atoms with van der Waals surface area (Å²) in [4.78, 5) is 27.2. The van der Waals surface area contributed by atoms with E-state index < -0.39 is 5.97 Å². The number of amides is 2. The number of hydrogen-bond acceptors (Lipinski definition) is 4. The number of hydrogen-bond donors (Lipinski definition) is 2. The van der Waals surface area contributed by atoms with Crippen LogP contribution in [-0.2, 0) is 16.0 Å². The van der Waals surface area contributed by atoms with Gasteiger partial charge in [-0.25, -0.2) is 4.79 Å². The zero-order chi connectivity index (χ0) is 20.3. The number of urea groups is 1. The molecule has 28 heavy (non-hydrogen) atoms. The van der Waals surface area contributed by atoms with Gasteiger partial charge in [0, 0.05) is 19.6 Å². The van der Waals surface area contributed by atoms with Gasteiger partial charge >= 0.3 is 12.0 Å². The second-order valence-electron chi connectivity index (χ2n) is 8.18. The molecule has 2 N–H and O–H groups in total. The van der Waals surface area contributed by atoms with E-state index in [1.807, 2.05) is 0 Å². The summed E-state index contributed by atoms with van der Waals surface area (Å²) in [5, 5.41) is 12.1. The van der Waals surface area contributed by atoms with Gasteiger partial charge in [-0.3, -0.25) is 9.69 Å². The van der Waals surface area contributed by atoms with E-state index in [9.17, 15) is 9.59 Å². The molecule has 2 atom stereocenters. The molecule has 1 aromatic carbocycles. The van der Waals surface area contributed by atoms with E-state index in [1.54, 1.807) is 16.8 Å². The lowest BCUT2D eigenvalue weighted by molar-refractivity contribution is -0.138. The molecule has 0 aromatic heterocycles. The summed E-state index contributed by atoms with van der Waals surface area (Å²) in [5.41, 5.74) is 3.86. The molecule has 0 saturated carbocycles. The maximum Gasteiger partial charge on any atom is 0.318 e. The molecule has 2 unspecified atom stereocenters. The minimum atomic E-state index is -0.867. The first-order chi connectivity index (χ1) is 13.3. The molecule has 1 aliphatic heterocycles. The summed E-state index contributed by atoms with van der Waals surface area (Å²) in [6.07, 6.45) is 1.74. The van der Waals surface area contributed by atoms with E-state index in [2.05, 4.69) is 37.4 Å². The molecule has 1 fully saturated rings. The second kappa shape index (κ2) is 8.92. The van der Waals surface area contributed by atoms with Crippen molar-refractivity contribution in [1.29, 1.82) is 0 Å². The largest absolute Gasteiger partial charge is 0.480 e. The predicted molar refractivity (Wildman–Crippen MR) is 107 cm³/mol. The topological polar surface area (TPSA) is 82.1 Å². The predicted octanol–water partition coefficient (Wildman–Crippen LogP) is 2.22. The minimum Gasteiger partial charge on any atom is -0.480 e. The Kier molecular flexibility index (Phi) is 6.57. The van der Waals surface area contributed by atoms with Gasteiger partial charge in [0.1, 0.15) is 0 Å². The molecule has 154 valence electrons. The Hall–Kier alpha value is -2.12. The van der Waals surface area contributed by atoms with Crippen LogP contribution >= 0.6 is 0 Å². The maximum atomic E-state index is 12.8. The maximum absolute atomic E-state index is 12.8. The fourth-order valence-corrected chi connectivity index (χ4v) is 4.03. The molecule has 1 aliphatic carbocycles. The Morgan fingerprint density at radius 1 is 1.39 bits per heavy atom. The average Bonchev–Trinajstić information content (AvgIpc) is 3.03. The highest BCUT2D eigenvalue weighted by Gasteiger charge is 2.29. The van der Waals surface area contributed by atoms with Gasteiger partial charge in [-0.1, -0.05) is 32.0 Å². The number of nitrogens with zero attached hydrogens (tertiary/aromatic N) is 2. The zero-order valence-corrected chi connectivity index (χ0v) is 17.0. The molecule has 7 heteroatoms. The summed E-state index contributed by atoms with van der Waals surface area (Å²) < 4.78 is 5.72. The Labute approximate surface area is 166 Å². The van der Waals surface area contributed by atoms with Gasteiger partial charge in [-0.05, 0) is 42.5 Å². The molecule has 1 saturated heterocycles. The molecular formula is C21H31N3O4. The van der Waals surface area contributed by atoms with Crippen LogP contribution in [0.1, 0.15) is 48.9 Å². The standard InChI is InChI=1S/C21H31N3O4/c1-14(2)16-5-4-15-6-7-19(18(15)10-16)22-21(27)24-8-9-28-17(12-24)11-23(3)13-20(25)26/h4-5,10,14,17,19H,6-9,11-13H2,1-3H3,(H,22,27)(H,25,26).